The molecule has 1 heterocycles. The van der Waals surface area contributed by atoms with Gasteiger partial charge in [-0.3, -0.25) is 9.59 Å². The number of allylic oxidation sites excluding steroid dienone is 2. The van der Waals surface area contributed by atoms with Gasteiger partial charge in [-0.25, -0.2) is 4.39 Å². The lowest BCUT2D eigenvalue weighted by Crippen LogP contribution is -2.31. The summed E-state index contributed by atoms with van der Waals surface area (Å²) in [6.45, 7) is 5.68. The van der Waals surface area contributed by atoms with E-state index < -0.39 is 17.6 Å². The van der Waals surface area contributed by atoms with Crippen LogP contribution in [0.1, 0.15) is 29.5 Å². The second-order valence-electron chi connectivity index (χ2n) is 8.93. The van der Waals surface area contributed by atoms with Gasteiger partial charge in [0, 0.05) is 28.2 Å². The van der Waals surface area contributed by atoms with Gasteiger partial charge in [0.2, 0.25) is 5.91 Å². The molecule has 0 fully saturated rings. The molecule has 1 aliphatic rings. The van der Waals surface area contributed by atoms with Gasteiger partial charge in [-0.1, -0.05) is 54.2 Å². The smallest absolute Gasteiger partial charge is 0.254 e. The normalized spacial score (nSPS) is 15.0. The summed E-state index contributed by atoms with van der Waals surface area (Å²) in [7, 11) is 0. The third-order valence-electron chi connectivity index (χ3n) is 6.28. The van der Waals surface area contributed by atoms with Crippen LogP contribution < -0.4 is 16.0 Å². The number of nitrogens with one attached hydrogen (secondary N) is 3. The molecule has 0 saturated heterocycles. The standard InChI is InChI=1S/C30H27FN4O2S/c1-18-13-14-22(15-19(18)2)34-26(36)17-38-30-24(16-32)28(23-11-7-8-12-25(23)31)27(20(3)33-30)29(37)35-21-9-5-4-6-10-21/h4-15,28,33H,17H2,1-3H3,(H,34,36)(H,35,37)/t28-/m1/s1. The molecule has 38 heavy (non-hydrogen) atoms. The van der Waals surface area contributed by atoms with Gasteiger partial charge in [0.15, 0.2) is 0 Å². The van der Waals surface area contributed by atoms with Gasteiger partial charge in [0.1, 0.15) is 5.82 Å². The number of carbonyl (C=O) groups excluding carboxylic acids is 2. The number of carbonyl (C=O) groups is 2. The molecular formula is C30H27FN4O2S. The van der Waals surface area contributed by atoms with Crippen molar-refractivity contribution >= 4 is 35.0 Å². The lowest BCUT2D eigenvalue weighted by Gasteiger charge is -2.30. The van der Waals surface area contributed by atoms with Gasteiger partial charge in [0.25, 0.3) is 5.91 Å². The van der Waals surface area contributed by atoms with Crippen LogP contribution >= 0.6 is 11.8 Å². The number of nitriles is 1. The molecule has 8 heteroatoms. The first-order chi connectivity index (χ1) is 18.3. The van der Waals surface area contributed by atoms with Crippen LogP contribution in [0.25, 0.3) is 0 Å². The highest BCUT2D eigenvalue weighted by atomic mass is 32.2. The van der Waals surface area contributed by atoms with Crippen LogP contribution in [-0.2, 0) is 9.59 Å². The first-order valence-corrected chi connectivity index (χ1v) is 13.0. The SMILES string of the molecule is CC1=C(C(=O)Nc2ccccc2)[C@H](c2ccccc2F)C(C#N)=C(SCC(=O)Nc2ccc(C)c(C)c2)N1. The molecule has 3 aromatic rings. The zero-order chi connectivity index (χ0) is 27.2. The van der Waals surface area contributed by atoms with Crippen LogP contribution in [-0.4, -0.2) is 17.6 Å². The van der Waals surface area contributed by atoms with Crippen molar-refractivity contribution in [2.75, 3.05) is 16.4 Å². The topological polar surface area (TPSA) is 94.0 Å². The number of benzene rings is 3. The second kappa shape index (κ2) is 11.8. The molecule has 1 aliphatic heterocycles. The third kappa shape index (κ3) is 5.96. The molecule has 0 saturated carbocycles. The summed E-state index contributed by atoms with van der Waals surface area (Å²) in [6.07, 6.45) is 0. The quantitative estimate of drug-likeness (QED) is 0.343. The van der Waals surface area contributed by atoms with Crippen LogP contribution in [0.15, 0.2) is 94.7 Å². The predicted octanol–water partition coefficient (Wildman–Crippen LogP) is 6.15. The van der Waals surface area contributed by atoms with E-state index in [0.717, 1.165) is 22.9 Å². The van der Waals surface area contributed by atoms with E-state index in [9.17, 15) is 14.9 Å². The van der Waals surface area contributed by atoms with E-state index in [1.165, 1.54) is 6.07 Å². The minimum atomic E-state index is -0.948. The Bertz CT molecular complexity index is 1490. The highest BCUT2D eigenvalue weighted by Crippen LogP contribution is 2.41. The summed E-state index contributed by atoms with van der Waals surface area (Å²) < 4.78 is 15.0. The number of dihydropyridines is 1. The Labute approximate surface area is 225 Å². The van der Waals surface area contributed by atoms with Crippen molar-refractivity contribution in [3.8, 4) is 6.07 Å². The first-order valence-electron chi connectivity index (χ1n) is 12.0. The average molecular weight is 527 g/mol. The number of nitrogens with zero attached hydrogens (tertiary/aromatic N) is 1. The Balaban J connectivity index is 1.63. The summed E-state index contributed by atoms with van der Waals surface area (Å²) in [4.78, 5) is 26.1. The Morgan fingerprint density at radius 2 is 1.66 bits per heavy atom. The predicted molar refractivity (Wildman–Crippen MR) is 150 cm³/mol. The number of anilines is 2. The third-order valence-corrected chi connectivity index (χ3v) is 7.30. The zero-order valence-corrected chi connectivity index (χ0v) is 22.1. The van der Waals surface area contributed by atoms with Gasteiger partial charge < -0.3 is 16.0 Å². The lowest BCUT2D eigenvalue weighted by molar-refractivity contribution is -0.114. The maximum atomic E-state index is 15.0. The van der Waals surface area contributed by atoms with Crippen LogP contribution in [0.2, 0.25) is 0 Å². The van der Waals surface area contributed by atoms with E-state index in [1.807, 2.05) is 38.1 Å². The van der Waals surface area contributed by atoms with Gasteiger partial charge >= 0.3 is 0 Å². The van der Waals surface area contributed by atoms with Crippen LogP contribution in [0.5, 0.6) is 0 Å². The minimum absolute atomic E-state index is 0.0171. The number of halogens is 1. The largest absolute Gasteiger partial charge is 0.353 e. The molecule has 192 valence electrons. The summed E-state index contributed by atoms with van der Waals surface area (Å²) in [6, 6.07) is 22.9. The molecular weight excluding hydrogens is 499 g/mol. The summed E-state index contributed by atoms with van der Waals surface area (Å²) >= 11 is 1.14. The first kappa shape index (κ1) is 26.7. The van der Waals surface area contributed by atoms with Crippen LogP contribution in [0, 0.1) is 31.0 Å². The number of thioether (sulfide) groups is 1. The maximum Gasteiger partial charge on any atom is 0.254 e. The zero-order valence-electron chi connectivity index (χ0n) is 21.3. The van der Waals surface area contributed by atoms with Crippen molar-refractivity contribution in [3.63, 3.8) is 0 Å². The maximum absolute atomic E-state index is 15.0. The fourth-order valence-corrected chi connectivity index (χ4v) is 5.11. The van der Waals surface area contributed by atoms with Gasteiger partial charge in [0.05, 0.1) is 28.3 Å². The van der Waals surface area contributed by atoms with E-state index >= 15 is 4.39 Å². The molecule has 0 spiro atoms. The highest BCUT2D eigenvalue weighted by molar-refractivity contribution is 8.03. The number of para-hydroxylation sites is 1. The number of rotatable bonds is 7. The molecule has 0 bridgehead atoms. The molecule has 0 radical (unpaired) electrons. The molecule has 0 unspecified atom stereocenters. The van der Waals surface area contributed by atoms with Crippen molar-refractivity contribution in [2.45, 2.75) is 26.7 Å². The molecule has 0 aliphatic carbocycles. The van der Waals surface area contributed by atoms with E-state index in [-0.39, 0.29) is 28.4 Å². The van der Waals surface area contributed by atoms with Gasteiger partial charge in [-0.15, -0.1) is 0 Å². The fourth-order valence-electron chi connectivity index (χ4n) is 4.22. The van der Waals surface area contributed by atoms with Crippen molar-refractivity contribution in [1.29, 1.82) is 5.26 Å². The molecule has 6 nitrogen and oxygen atoms in total. The Hall–Kier alpha value is -4.35. The van der Waals surface area contributed by atoms with Crippen molar-refractivity contribution in [1.82, 2.24) is 5.32 Å². The van der Waals surface area contributed by atoms with E-state index in [4.69, 9.17) is 0 Å². The minimum Gasteiger partial charge on any atom is -0.353 e. The fraction of sp³-hybridized carbons (Fsp3) is 0.167. The van der Waals surface area contributed by atoms with E-state index in [2.05, 4.69) is 22.0 Å². The second-order valence-corrected chi connectivity index (χ2v) is 9.91. The lowest BCUT2D eigenvalue weighted by atomic mass is 9.82. The van der Waals surface area contributed by atoms with Gasteiger partial charge in [-0.2, -0.15) is 5.26 Å². The molecule has 4 rings (SSSR count). The summed E-state index contributed by atoms with van der Waals surface area (Å²) in [5, 5.41) is 19.4. The number of hydrogen-bond acceptors (Lipinski definition) is 5. The van der Waals surface area contributed by atoms with Crippen LogP contribution in [0.4, 0.5) is 15.8 Å². The summed E-state index contributed by atoms with van der Waals surface area (Å²) in [5.74, 6) is -2.15. The Morgan fingerprint density at radius 1 is 0.947 bits per heavy atom. The molecule has 0 aromatic heterocycles. The summed E-state index contributed by atoms with van der Waals surface area (Å²) in [5.41, 5.74) is 4.54. The van der Waals surface area contributed by atoms with E-state index in [0.29, 0.717) is 22.1 Å². The number of aryl methyl sites for hydroxylation is 2. The average Bonchev–Trinajstić information content (AvgIpc) is 2.90. The van der Waals surface area contributed by atoms with E-state index in [1.54, 1.807) is 49.4 Å². The molecule has 3 aromatic carbocycles. The molecule has 3 N–H and O–H groups in total. The number of hydrogen-bond donors (Lipinski definition) is 3. The number of amides is 2. The van der Waals surface area contributed by atoms with Crippen molar-refractivity contribution in [3.05, 3.63) is 117 Å². The van der Waals surface area contributed by atoms with Gasteiger partial charge in [-0.05, 0) is 62.2 Å². The molecule has 1 atom stereocenters. The monoisotopic (exact) mass is 526 g/mol. The van der Waals surface area contributed by atoms with Crippen molar-refractivity contribution < 1.29 is 14.0 Å². The Morgan fingerprint density at radius 3 is 2.34 bits per heavy atom. The Kier molecular flexibility index (Phi) is 8.29. The molecule has 2 amide bonds. The van der Waals surface area contributed by atoms with Crippen LogP contribution in [0.3, 0.4) is 0 Å². The van der Waals surface area contributed by atoms with Crippen molar-refractivity contribution in [2.24, 2.45) is 0 Å². The highest BCUT2D eigenvalue weighted by Gasteiger charge is 2.36.